The molecule has 5 atom stereocenters. The van der Waals surface area contributed by atoms with Crippen LogP contribution in [0.25, 0.3) is 11.1 Å². The van der Waals surface area contributed by atoms with E-state index in [0.29, 0.717) is 36.8 Å². The molecule has 1 unspecified atom stereocenters. The third-order valence-electron chi connectivity index (χ3n) is 11.1. The number of aryl methyl sites for hydroxylation is 1. The normalized spacial score (nSPS) is 16.2. The van der Waals surface area contributed by atoms with Crippen LogP contribution in [0.3, 0.4) is 0 Å². The fraction of sp³-hybridized carbons (Fsp3) is 0.460. The number of amides is 5. The largest absolute Gasteiger partial charge is 0.499 e. The molecule has 3 aromatic carbocycles. The number of alkyl halides is 3. The quantitative estimate of drug-likeness (QED) is 0.0943. The highest BCUT2D eigenvalue weighted by atomic mass is 19.4. The van der Waals surface area contributed by atoms with E-state index in [1.54, 1.807) is 30.3 Å². The smallest absolute Gasteiger partial charge is 0.416 e. The third-order valence-corrected chi connectivity index (χ3v) is 11.1. The van der Waals surface area contributed by atoms with Crippen LogP contribution in [0.15, 0.2) is 103 Å². The van der Waals surface area contributed by atoms with Crippen LogP contribution in [0.5, 0.6) is 0 Å². The van der Waals surface area contributed by atoms with Crippen molar-refractivity contribution in [1.82, 2.24) is 25.8 Å². The lowest BCUT2D eigenvalue weighted by Crippen LogP contribution is -2.57. The van der Waals surface area contributed by atoms with Crippen LogP contribution in [-0.2, 0) is 47.7 Å². The zero-order valence-corrected chi connectivity index (χ0v) is 38.4. The summed E-state index contributed by atoms with van der Waals surface area (Å²) >= 11 is 0. The molecular weight excluding hydrogens is 824 g/mol. The van der Waals surface area contributed by atoms with E-state index < -0.39 is 65.6 Å². The van der Waals surface area contributed by atoms with Gasteiger partial charge in [0.15, 0.2) is 0 Å². The van der Waals surface area contributed by atoms with Crippen molar-refractivity contribution in [2.45, 2.75) is 110 Å². The second kappa shape index (κ2) is 23.3. The number of benzene rings is 3. The van der Waals surface area contributed by atoms with Crippen LogP contribution in [0.2, 0.25) is 0 Å². The van der Waals surface area contributed by atoms with Gasteiger partial charge in [-0.15, -0.1) is 0 Å². The predicted octanol–water partition coefficient (Wildman–Crippen LogP) is 7.50. The number of ether oxygens (including phenoxy) is 1. The number of imide groups is 1. The van der Waals surface area contributed by atoms with Crippen molar-refractivity contribution in [2.24, 2.45) is 17.8 Å². The van der Waals surface area contributed by atoms with Gasteiger partial charge in [0.25, 0.3) is 11.8 Å². The van der Waals surface area contributed by atoms with E-state index in [-0.39, 0.29) is 35.8 Å². The van der Waals surface area contributed by atoms with Gasteiger partial charge in [0.2, 0.25) is 17.7 Å². The number of likely N-dealkylation sites (N-methyl/N-ethyl adjacent to an activating group) is 1. The van der Waals surface area contributed by atoms with Gasteiger partial charge in [-0.25, -0.2) is 0 Å². The minimum absolute atomic E-state index is 0.00903. The van der Waals surface area contributed by atoms with Gasteiger partial charge in [-0.1, -0.05) is 114 Å². The number of carbonyl (C=O) groups is 5. The van der Waals surface area contributed by atoms with Crippen molar-refractivity contribution >= 4 is 29.5 Å². The first-order chi connectivity index (χ1) is 30.2. The Bertz CT molecular complexity index is 2090. The van der Waals surface area contributed by atoms with E-state index in [1.807, 2.05) is 90.9 Å². The lowest BCUT2D eigenvalue weighted by Gasteiger charge is -2.30. The molecule has 11 nitrogen and oxygen atoms in total. The van der Waals surface area contributed by atoms with Crippen LogP contribution in [0.1, 0.15) is 77.5 Å². The van der Waals surface area contributed by atoms with Gasteiger partial charge in [-0.05, 0) is 91.9 Å². The second-order valence-corrected chi connectivity index (χ2v) is 17.8. The van der Waals surface area contributed by atoms with Crippen LogP contribution >= 0.6 is 0 Å². The van der Waals surface area contributed by atoms with Gasteiger partial charge in [0.05, 0.1) is 18.7 Å². The fourth-order valence-corrected chi connectivity index (χ4v) is 7.94. The van der Waals surface area contributed by atoms with E-state index >= 15 is 0 Å². The Balaban J connectivity index is 1.55. The van der Waals surface area contributed by atoms with Gasteiger partial charge < -0.3 is 20.7 Å². The molecule has 1 aliphatic heterocycles. The maximum Gasteiger partial charge on any atom is 0.416 e. The van der Waals surface area contributed by atoms with Crippen molar-refractivity contribution < 1.29 is 41.9 Å². The molecule has 0 radical (unpaired) electrons. The van der Waals surface area contributed by atoms with Crippen LogP contribution < -0.4 is 16.0 Å². The monoisotopic (exact) mass is 887 g/mol. The molecule has 0 aromatic heterocycles. The minimum atomic E-state index is -4.44. The molecule has 0 bridgehead atoms. The zero-order chi connectivity index (χ0) is 47.3. The molecule has 64 heavy (non-hydrogen) atoms. The highest BCUT2D eigenvalue weighted by molar-refractivity contribution is 6.08. The Morgan fingerprint density at radius 2 is 1.28 bits per heavy atom. The molecule has 4 rings (SSSR count). The molecule has 0 spiro atoms. The predicted molar refractivity (Wildman–Crippen MR) is 242 cm³/mol. The summed E-state index contributed by atoms with van der Waals surface area (Å²) in [7, 11) is 5.04. The molecule has 0 fully saturated rings. The van der Waals surface area contributed by atoms with Gasteiger partial charge in [0, 0.05) is 24.6 Å². The minimum Gasteiger partial charge on any atom is -0.499 e. The Morgan fingerprint density at radius 3 is 1.78 bits per heavy atom. The molecule has 1 aliphatic rings. The van der Waals surface area contributed by atoms with E-state index in [0.717, 1.165) is 28.2 Å². The Labute approximate surface area is 375 Å². The van der Waals surface area contributed by atoms with Crippen molar-refractivity contribution in [2.75, 3.05) is 21.2 Å². The Morgan fingerprint density at radius 1 is 0.750 bits per heavy atom. The number of rotatable bonds is 21. The van der Waals surface area contributed by atoms with Crippen molar-refractivity contribution in [3.05, 3.63) is 120 Å². The average Bonchev–Trinajstić information content (AvgIpc) is 3.54. The zero-order valence-electron chi connectivity index (χ0n) is 38.4. The van der Waals surface area contributed by atoms with Crippen LogP contribution in [-0.4, -0.2) is 90.8 Å². The van der Waals surface area contributed by atoms with Gasteiger partial charge in [0.1, 0.15) is 23.9 Å². The highest BCUT2D eigenvalue weighted by Gasteiger charge is 2.38. The molecule has 0 saturated heterocycles. The van der Waals surface area contributed by atoms with Crippen LogP contribution in [0, 0.1) is 17.8 Å². The van der Waals surface area contributed by atoms with Crippen LogP contribution in [0.4, 0.5) is 13.2 Å². The first kappa shape index (κ1) is 50.9. The molecule has 0 saturated carbocycles. The summed E-state index contributed by atoms with van der Waals surface area (Å²) in [5.41, 5.74) is 2.31. The van der Waals surface area contributed by atoms with E-state index in [4.69, 9.17) is 4.74 Å². The summed E-state index contributed by atoms with van der Waals surface area (Å²) in [4.78, 5) is 71.8. The number of halogens is 3. The maximum absolute atomic E-state index is 14.2. The molecule has 14 heteroatoms. The molecular formula is C50H64F3N5O6. The van der Waals surface area contributed by atoms with E-state index in [9.17, 15) is 37.1 Å². The molecule has 346 valence electrons. The summed E-state index contributed by atoms with van der Waals surface area (Å²) in [5.74, 6) is -2.06. The SMILES string of the molecule is COC1=CC(=O)N(C(=O)/C=C/[C@@H](CCc2ccccc2)NC(=O)[C@H](CC(C)C)NC(=O)[C@H](CC(C)C)NC(=O)[C@H](C(C)C)N(C)C)C1Cc1ccc(-c2ccc(C(F)(F)F)cc2)cc1. The summed E-state index contributed by atoms with van der Waals surface area (Å²) in [6.07, 6.45) is 1.44. The molecule has 5 amide bonds. The number of hydrogen-bond donors (Lipinski definition) is 3. The Kier molecular flexibility index (Phi) is 18.5. The van der Waals surface area contributed by atoms with E-state index in [1.165, 1.54) is 31.4 Å². The summed E-state index contributed by atoms with van der Waals surface area (Å²) < 4.78 is 44.9. The van der Waals surface area contributed by atoms with Gasteiger partial charge in [-0.3, -0.25) is 33.8 Å². The highest BCUT2D eigenvalue weighted by Crippen LogP contribution is 2.32. The van der Waals surface area contributed by atoms with Gasteiger partial charge >= 0.3 is 6.18 Å². The molecule has 3 N–H and O–H groups in total. The number of hydrogen-bond acceptors (Lipinski definition) is 7. The van der Waals surface area contributed by atoms with Gasteiger partial charge in [-0.2, -0.15) is 13.2 Å². The molecule has 0 aliphatic carbocycles. The summed E-state index contributed by atoms with van der Waals surface area (Å²) in [6.45, 7) is 11.7. The first-order valence-corrected chi connectivity index (χ1v) is 21.9. The lowest BCUT2D eigenvalue weighted by molar-refractivity contribution is -0.140. The topological polar surface area (TPSA) is 137 Å². The lowest BCUT2D eigenvalue weighted by atomic mass is 9.98. The molecule has 1 heterocycles. The number of nitrogens with zero attached hydrogens (tertiary/aromatic N) is 2. The maximum atomic E-state index is 14.2. The number of methoxy groups -OCH3 is 1. The first-order valence-electron chi connectivity index (χ1n) is 21.9. The Hall–Kier alpha value is -5.76. The number of carbonyl (C=O) groups excluding carboxylic acids is 5. The average molecular weight is 888 g/mol. The van der Waals surface area contributed by atoms with E-state index in [2.05, 4.69) is 16.0 Å². The fourth-order valence-electron chi connectivity index (χ4n) is 7.94. The van der Waals surface area contributed by atoms with Crippen molar-refractivity contribution in [3.8, 4) is 11.1 Å². The summed E-state index contributed by atoms with van der Waals surface area (Å²) in [6, 6.07) is 17.8. The van der Waals surface area contributed by atoms with Crippen molar-refractivity contribution in [1.29, 1.82) is 0 Å². The molecule has 3 aromatic rings. The summed E-state index contributed by atoms with van der Waals surface area (Å²) in [5, 5.41) is 8.91. The second-order valence-electron chi connectivity index (χ2n) is 17.8. The van der Waals surface area contributed by atoms with Crippen molar-refractivity contribution in [3.63, 3.8) is 0 Å². The third kappa shape index (κ3) is 14.6. The standard InChI is InChI=1S/C50H64F3N5O6/c1-31(2)27-40(55-48(62)41(28-32(3)4)56-49(63)46(33(5)6)57(7)8)47(61)54-39(24-17-34-13-11-10-12-14-34)25-26-44(59)58-42(43(64-9)30-45(58)60)29-35-15-18-36(19-16-35)37-20-22-38(23-21-37)50(51,52)53/h10-16,18-23,25-26,30-33,39-42,46H,17,24,27-29H2,1-9H3,(H,54,61)(H,55,62)(H,56,63)/b26-25+/t39-,40+,41+,42?,46+/m1/s1. The number of nitrogens with one attached hydrogen (secondary N) is 3.